The molecule has 19 heavy (non-hydrogen) atoms. The van der Waals surface area contributed by atoms with Gasteiger partial charge >= 0.3 is 0 Å². The van der Waals surface area contributed by atoms with Crippen LogP contribution in [-0.2, 0) is 6.42 Å². The smallest absolute Gasteiger partial charge is 0.165 e. The average molecular weight is 261 g/mol. The Morgan fingerprint density at radius 1 is 1.21 bits per heavy atom. The van der Waals surface area contributed by atoms with Crippen molar-refractivity contribution < 1.29 is 4.74 Å². The molecule has 104 valence electrons. The van der Waals surface area contributed by atoms with Crippen molar-refractivity contribution in [2.45, 2.75) is 19.8 Å². The van der Waals surface area contributed by atoms with Crippen LogP contribution in [0.4, 0.5) is 11.4 Å². The fourth-order valence-corrected chi connectivity index (χ4v) is 2.87. The summed E-state index contributed by atoms with van der Waals surface area (Å²) in [5, 5.41) is 6.88. The molecule has 1 fully saturated rings. The molecule has 4 heteroatoms. The lowest BCUT2D eigenvalue weighted by molar-refractivity contribution is 0.323. The molecule has 1 aromatic carbocycles. The second-order valence-electron chi connectivity index (χ2n) is 5.25. The molecule has 0 atom stereocenters. The van der Waals surface area contributed by atoms with Crippen molar-refractivity contribution in [3.05, 3.63) is 17.7 Å². The van der Waals surface area contributed by atoms with E-state index in [2.05, 4.69) is 34.6 Å². The summed E-state index contributed by atoms with van der Waals surface area (Å²) in [4.78, 5) is 2.45. The van der Waals surface area contributed by atoms with Gasteiger partial charge in [-0.2, -0.15) is 0 Å². The number of piperazine rings is 1. The summed E-state index contributed by atoms with van der Waals surface area (Å²) < 4.78 is 5.92. The normalized spacial score (nSPS) is 18.5. The van der Waals surface area contributed by atoms with E-state index in [9.17, 15) is 0 Å². The van der Waals surface area contributed by atoms with Gasteiger partial charge in [-0.05, 0) is 24.1 Å². The zero-order valence-electron chi connectivity index (χ0n) is 11.7. The molecule has 0 aliphatic carbocycles. The number of hydrogen-bond acceptors (Lipinski definition) is 4. The first-order valence-corrected chi connectivity index (χ1v) is 7.37. The van der Waals surface area contributed by atoms with E-state index in [4.69, 9.17) is 4.74 Å². The number of rotatable bonds is 3. The van der Waals surface area contributed by atoms with Crippen molar-refractivity contribution in [3.63, 3.8) is 0 Å². The standard InChI is InChI=1S/C15H23N3O/c1-2-3-12-10-13-15(19-9-6-17-13)14(11-12)18-7-4-16-5-8-18/h10-11,16-17H,2-9H2,1H3. The van der Waals surface area contributed by atoms with Crippen LogP contribution < -0.4 is 20.3 Å². The van der Waals surface area contributed by atoms with Crippen molar-refractivity contribution in [1.82, 2.24) is 5.32 Å². The van der Waals surface area contributed by atoms with Gasteiger partial charge in [-0.1, -0.05) is 13.3 Å². The molecule has 0 unspecified atom stereocenters. The lowest BCUT2D eigenvalue weighted by atomic mass is 10.1. The fourth-order valence-electron chi connectivity index (χ4n) is 2.87. The van der Waals surface area contributed by atoms with Crippen molar-refractivity contribution in [2.24, 2.45) is 0 Å². The molecular formula is C15H23N3O. The molecule has 0 spiro atoms. The highest BCUT2D eigenvalue weighted by molar-refractivity contribution is 5.74. The van der Waals surface area contributed by atoms with Gasteiger partial charge in [-0.25, -0.2) is 0 Å². The zero-order chi connectivity index (χ0) is 13.1. The number of hydrogen-bond donors (Lipinski definition) is 2. The molecule has 2 aliphatic heterocycles. The third-order valence-corrected chi connectivity index (χ3v) is 3.79. The number of ether oxygens (including phenoxy) is 1. The monoisotopic (exact) mass is 261 g/mol. The Labute approximate surface area is 115 Å². The Bertz CT molecular complexity index is 441. The number of anilines is 2. The Balaban J connectivity index is 1.96. The Morgan fingerprint density at radius 2 is 2.05 bits per heavy atom. The van der Waals surface area contributed by atoms with E-state index in [1.54, 1.807) is 0 Å². The summed E-state index contributed by atoms with van der Waals surface area (Å²) >= 11 is 0. The molecule has 1 aromatic rings. The largest absolute Gasteiger partial charge is 0.487 e. The van der Waals surface area contributed by atoms with Crippen LogP contribution in [0.15, 0.2) is 12.1 Å². The maximum Gasteiger partial charge on any atom is 0.165 e. The number of fused-ring (bicyclic) bond motifs is 1. The SMILES string of the molecule is CCCc1cc2c(c(N3CCNCC3)c1)OCCN2. The van der Waals surface area contributed by atoms with Gasteiger partial charge < -0.3 is 20.3 Å². The average Bonchev–Trinajstić information content (AvgIpc) is 2.48. The second-order valence-corrected chi connectivity index (χ2v) is 5.25. The number of benzene rings is 1. The predicted molar refractivity (Wildman–Crippen MR) is 79.5 cm³/mol. The highest BCUT2D eigenvalue weighted by Crippen LogP contribution is 2.39. The lowest BCUT2D eigenvalue weighted by Gasteiger charge is -2.33. The Hall–Kier alpha value is -1.42. The van der Waals surface area contributed by atoms with Crippen molar-refractivity contribution in [1.29, 1.82) is 0 Å². The molecule has 3 rings (SSSR count). The van der Waals surface area contributed by atoms with Crippen molar-refractivity contribution in [2.75, 3.05) is 49.5 Å². The van der Waals surface area contributed by atoms with Crippen LogP contribution >= 0.6 is 0 Å². The van der Waals surface area contributed by atoms with E-state index in [0.29, 0.717) is 0 Å². The first-order valence-electron chi connectivity index (χ1n) is 7.37. The number of aryl methyl sites for hydroxylation is 1. The minimum atomic E-state index is 0.763. The maximum absolute atomic E-state index is 5.92. The first-order chi connectivity index (χ1) is 9.38. The summed E-state index contributed by atoms with van der Waals surface area (Å²) in [6.07, 6.45) is 2.31. The Morgan fingerprint density at radius 3 is 2.84 bits per heavy atom. The van der Waals surface area contributed by atoms with Gasteiger partial charge in [0.1, 0.15) is 6.61 Å². The molecule has 4 nitrogen and oxygen atoms in total. The van der Waals surface area contributed by atoms with E-state index in [1.807, 2.05) is 0 Å². The van der Waals surface area contributed by atoms with Crippen LogP contribution in [0.2, 0.25) is 0 Å². The van der Waals surface area contributed by atoms with Crippen LogP contribution in [0.3, 0.4) is 0 Å². The Kier molecular flexibility index (Phi) is 3.78. The molecule has 0 bridgehead atoms. The molecule has 0 radical (unpaired) electrons. The van der Waals surface area contributed by atoms with Gasteiger partial charge in [-0.3, -0.25) is 0 Å². The van der Waals surface area contributed by atoms with Crippen LogP contribution in [0.1, 0.15) is 18.9 Å². The van der Waals surface area contributed by atoms with Crippen molar-refractivity contribution in [3.8, 4) is 5.75 Å². The summed E-state index contributed by atoms with van der Waals surface area (Å²) in [7, 11) is 0. The highest BCUT2D eigenvalue weighted by Gasteiger charge is 2.21. The summed E-state index contributed by atoms with van der Waals surface area (Å²) in [6.45, 7) is 8.13. The summed E-state index contributed by atoms with van der Waals surface area (Å²) in [6, 6.07) is 4.57. The minimum Gasteiger partial charge on any atom is -0.487 e. The second kappa shape index (κ2) is 5.70. The minimum absolute atomic E-state index is 0.763. The molecular weight excluding hydrogens is 238 g/mol. The van der Waals surface area contributed by atoms with Gasteiger partial charge in [0.25, 0.3) is 0 Å². The highest BCUT2D eigenvalue weighted by atomic mass is 16.5. The number of nitrogens with one attached hydrogen (secondary N) is 2. The molecule has 0 aromatic heterocycles. The molecule has 2 N–H and O–H groups in total. The van der Waals surface area contributed by atoms with E-state index in [-0.39, 0.29) is 0 Å². The van der Waals surface area contributed by atoms with Crippen LogP contribution in [0.25, 0.3) is 0 Å². The zero-order valence-corrected chi connectivity index (χ0v) is 11.7. The topological polar surface area (TPSA) is 36.5 Å². The molecule has 0 saturated carbocycles. The van der Waals surface area contributed by atoms with E-state index >= 15 is 0 Å². The molecule has 1 saturated heterocycles. The first kappa shape index (κ1) is 12.6. The fraction of sp³-hybridized carbons (Fsp3) is 0.600. The van der Waals surface area contributed by atoms with E-state index in [0.717, 1.165) is 51.5 Å². The number of nitrogens with zero attached hydrogens (tertiary/aromatic N) is 1. The van der Waals surface area contributed by atoms with E-state index < -0.39 is 0 Å². The van der Waals surface area contributed by atoms with Gasteiger partial charge in [0.15, 0.2) is 5.75 Å². The van der Waals surface area contributed by atoms with Crippen LogP contribution in [0, 0.1) is 0 Å². The molecule has 0 amide bonds. The van der Waals surface area contributed by atoms with Crippen LogP contribution in [-0.4, -0.2) is 39.3 Å². The lowest BCUT2D eigenvalue weighted by Crippen LogP contribution is -2.43. The maximum atomic E-state index is 5.92. The summed E-state index contributed by atoms with van der Waals surface area (Å²) in [5.41, 5.74) is 3.85. The third-order valence-electron chi connectivity index (χ3n) is 3.79. The van der Waals surface area contributed by atoms with Gasteiger partial charge in [-0.15, -0.1) is 0 Å². The predicted octanol–water partition coefficient (Wildman–Crippen LogP) is 1.85. The van der Waals surface area contributed by atoms with E-state index in [1.165, 1.54) is 23.4 Å². The van der Waals surface area contributed by atoms with Crippen molar-refractivity contribution >= 4 is 11.4 Å². The molecule has 2 aliphatic rings. The third kappa shape index (κ3) is 2.63. The molecule has 2 heterocycles. The quantitative estimate of drug-likeness (QED) is 0.870. The van der Waals surface area contributed by atoms with Crippen LogP contribution in [0.5, 0.6) is 5.75 Å². The van der Waals surface area contributed by atoms with Gasteiger partial charge in [0, 0.05) is 32.7 Å². The van der Waals surface area contributed by atoms with Gasteiger partial charge in [0.2, 0.25) is 0 Å². The van der Waals surface area contributed by atoms with Gasteiger partial charge in [0.05, 0.1) is 11.4 Å². The summed E-state index contributed by atoms with van der Waals surface area (Å²) in [5.74, 6) is 1.05.